The van der Waals surface area contributed by atoms with Gasteiger partial charge in [-0.15, -0.1) is 0 Å². The summed E-state index contributed by atoms with van der Waals surface area (Å²) in [5.74, 6) is -0.264. The van der Waals surface area contributed by atoms with Gasteiger partial charge in [-0.25, -0.2) is 4.79 Å². The van der Waals surface area contributed by atoms with Gasteiger partial charge in [0, 0.05) is 12.2 Å². The van der Waals surface area contributed by atoms with Crippen molar-refractivity contribution in [3.05, 3.63) is 0 Å². The number of thiol groups is 1. The standard InChI is InChI=1S/C21H41NO3S.CH4/c1-3-4-5-6-7-8-9-10-11-12-13-14-15-16-17-20(23)22-19(18-26)21(24)25-2;/h19,26H,3-18H2,1-2H3,(H,22,23);1H4. The van der Waals surface area contributed by atoms with E-state index in [1.54, 1.807) is 0 Å². The van der Waals surface area contributed by atoms with Crippen molar-refractivity contribution in [1.82, 2.24) is 5.32 Å². The van der Waals surface area contributed by atoms with Crippen LogP contribution in [0.15, 0.2) is 0 Å². The van der Waals surface area contributed by atoms with Gasteiger partial charge in [0.05, 0.1) is 7.11 Å². The molecular formula is C22H45NO3S. The van der Waals surface area contributed by atoms with Crippen molar-refractivity contribution in [2.24, 2.45) is 0 Å². The van der Waals surface area contributed by atoms with Crippen molar-refractivity contribution in [2.45, 2.75) is 117 Å². The molecule has 0 aliphatic rings. The Hall–Kier alpha value is -0.710. The molecule has 0 aliphatic heterocycles. The van der Waals surface area contributed by atoms with Gasteiger partial charge in [-0.1, -0.05) is 97.8 Å². The SMILES string of the molecule is C.CCCCCCCCCCCCCCCCC(=O)NC(CS)C(=O)OC. The Balaban J connectivity index is 0. The van der Waals surface area contributed by atoms with Crippen molar-refractivity contribution in [3.8, 4) is 0 Å². The lowest BCUT2D eigenvalue weighted by molar-refractivity contribution is -0.144. The number of rotatable bonds is 18. The fourth-order valence-electron chi connectivity index (χ4n) is 3.07. The van der Waals surface area contributed by atoms with Crippen LogP contribution in [-0.2, 0) is 14.3 Å². The molecule has 0 aromatic rings. The van der Waals surface area contributed by atoms with Crippen molar-refractivity contribution < 1.29 is 14.3 Å². The van der Waals surface area contributed by atoms with Crippen LogP contribution in [0.4, 0.5) is 0 Å². The number of unbranched alkanes of at least 4 members (excludes halogenated alkanes) is 13. The fraction of sp³-hybridized carbons (Fsp3) is 0.909. The summed E-state index contributed by atoms with van der Waals surface area (Å²) in [5, 5.41) is 2.67. The van der Waals surface area contributed by atoms with Crippen molar-refractivity contribution in [3.63, 3.8) is 0 Å². The molecule has 4 nitrogen and oxygen atoms in total. The Morgan fingerprint density at radius 2 is 1.22 bits per heavy atom. The van der Waals surface area contributed by atoms with E-state index >= 15 is 0 Å². The van der Waals surface area contributed by atoms with Gasteiger partial charge < -0.3 is 10.1 Å². The minimum atomic E-state index is -0.637. The molecule has 0 aliphatic carbocycles. The average molecular weight is 404 g/mol. The minimum Gasteiger partial charge on any atom is -0.467 e. The molecule has 1 atom stereocenters. The van der Waals surface area contributed by atoms with Crippen LogP contribution in [-0.4, -0.2) is 30.8 Å². The van der Waals surface area contributed by atoms with E-state index < -0.39 is 12.0 Å². The van der Waals surface area contributed by atoms with Crippen LogP contribution < -0.4 is 5.32 Å². The first-order valence-electron chi connectivity index (χ1n) is 10.6. The normalized spacial score (nSPS) is 11.5. The van der Waals surface area contributed by atoms with Crippen LogP contribution in [0.3, 0.4) is 0 Å². The van der Waals surface area contributed by atoms with E-state index in [1.807, 2.05) is 0 Å². The molecular weight excluding hydrogens is 358 g/mol. The average Bonchev–Trinajstić information content (AvgIpc) is 2.65. The quantitative estimate of drug-likeness (QED) is 0.166. The largest absolute Gasteiger partial charge is 0.467 e. The second-order valence-electron chi connectivity index (χ2n) is 7.17. The number of esters is 1. The lowest BCUT2D eigenvalue weighted by Crippen LogP contribution is -2.42. The molecule has 1 amide bonds. The second kappa shape index (κ2) is 21.6. The van der Waals surface area contributed by atoms with Gasteiger partial charge in [0.1, 0.15) is 6.04 Å². The number of methoxy groups -OCH3 is 1. The first-order valence-corrected chi connectivity index (χ1v) is 11.3. The molecule has 162 valence electrons. The van der Waals surface area contributed by atoms with Crippen LogP contribution in [0.5, 0.6) is 0 Å². The highest BCUT2D eigenvalue weighted by Crippen LogP contribution is 2.13. The molecule has 0 radical (unpaired) electrons. The highest BCUT2D eigenvalue weighted by atomic mass is 32.1. The molecule has 0 bridgehead atoms. The van der Waals surface area contributed by atoms with E-state index in [4.69, 9.17) is 0 Å². The lowest BCUT2D eigenvalue weighted by Gasteiger charge is -2.13. The maximum absolute atomic E-state index is 11.8. The van der Waals surface area contributed by atoms with Crippen molar-refractivity contribution in [2.75, 3.05) is 12.9 Å². The summed E-state index contributed by atoms with van der Waals surface area (Å²) in [4.78, 5) is 23.2. The number of carbonyl (C=O) groups is 2. The van der Waals surface area contributed by atoms with Gasteiger partial charge >= 0.3 is 5.97 Å². The zero-order chi connectivity index (χ0) is 19.5. The summed E-state index contributed by atoms with van der Waals surface area (Å²) in [6, 6.07) is -0.637. The summed E-state index contributed by atoms with van der Waals surface area (Å²) in [6.07, 6.45) is 18.6. The number of ether oxygens (including phenoxy) is 1. The van der Waals surface area contributed by atoms with E-state index in [-0.39, 0.29) is 19.1 Å². The molecule has 0 heterocycles. The molecule has 0 rings (SSSR count). The number of hydrogen-bond acceptors (Lipinski definition) is 4. The van der Waals surface area contributed by atoms with Crippen LogP contribution in [0.1, 0.15) is 111 Å². The van der Waals surface area contributed by atoms with Gasteiger partial charge in [0.15, 0.2) is 0 Å². The third kappa shape index (κ3) is 18.4. The molecule has 27 heavy (non-hydrogen) atoms. The predicted octanol–water partition coefficient (Wildman–Crippen LogP) is 6.08. The molecule has 0 aromatic carbocycles. The van der Waals surface area contributed by atoms with Crippen molar-refractivity contribution in [1.29, 1.82) is 0 Å². The Morgan fingerprint density at radius 3 is 1.59 bits per heavy atom. The van der Waals surface area contributed by atoms with Gasteiger partial charge in [-0.05, 0) is 6.42 Å². The minimum absolute atomic E-state index is 0. The topological polar surface area (TPSA) is 55.4 Å². The summed E-state index contributed by atoms with van der Waals surface area (Å²) in [7, 11) is 1.32. The number of hydrogen-bond donors (Lipinski definition) is 2. The highest BCUT2D eigenvalue weighted by Gasteiger charge is 2.19. The third-order valence-electron chi connectivity index (χ3n) is 4.76. The Kier molecular flexibility index (Phi) is 22.8. The summed E-state index contributed by atoms with van der Waals surface area (Å²) >= 11 is 4.07. The van der Waals surface area contributed by atoms with E-state index in [0.29, 0.717) is 6.42 Å². The molecule has 0 aromatic heterocycles. The molecule has 1 unspecified atom stereocenters. The number of carbonyl (C=O) groups excluding carboxylic acids is 2. The van der Waals surface area contributed by atoms with E-state index in [2.05, 4.69) is 29.6 Å². The smallest absolute Gasteiger partial charge is 0.329 e. The Labute approximate surface area is 174 Å². The van der Waals surface area contributed by atoms with Gasteiger partial charge in [0.25, 0.3) is 0 Å². The van der Waals surface area contributed by atoms with E-state index in [9.17, 15) is 9.59 Å². The van der Waals surface area contributed by atoms with Gasteiger partial charge in [-0.2, -0.15) is 12.6 Å². The molecule has 0 saturated heterocycles. The van der Waals surface area contributed by atoms with Crippen LogP contribution in [0.25, 0.3) is 0 Å². The predicted molar refractivity (Wildman–Crippen MR) is 119 cm³/mol. The van der Waals surface area contributed by atoms with Gasteiger partial charge in [0.2, 0.25) is 5.91 Å². The van der Waals surface area contributed by atoms with Gasteiger partial charge in [-0.3, -0.25) is 4.79 Å². The molecule has 0 spiro atoms. The highest BCUT2D eigenvalue weighted by molar-refractivity contribution is 7.80. The zero-order valence-corrected chi connectivity index (χ0v) is 18.0. The van der Waals surface area contributed by atoms with Crippen LogP contribution >= 0.6 is 12.6 Å². The monoisotopic (exact) mass is 403 g/mol. The first-order chi connectivity index (χ1) is 12.7. The molecule has 0 saturated carbocycles. The summed E-state index contributed by atoms with van der Waals surface area (Å²) in [5.41, 5.74) is 0. The fourth-order valence-corrected chi connectivity index (χ4v) is 3.31. The summed E-state index contributed by atoms with van der Waals surface area (Å²) in [6.45, 7) is 2.26. The van der Waals surface area contributed by atoms with Crippen LogP contribution in [0.2, 0.25) is 0 Å². The Bertz CT molecular complexity index is 350. The lowest BCUT2D eigenvalue weighted by atomic mass is 10.0. The Morgan fingerprint density at radius 1 is 0.815 bits per heavy atom. The molecule has 5 heteroatoms. The molecule has 1 N–H and O–H groups in total. The third-order valence-corrected chi connectivity index (χ3v) is 5.13. The van der Waals surface area contributed by atoms with E-state index in [0.717, 1.165) is 12.8 Å². The second-order valence-corrected chi connectivity index (χ2v) is 7.54. The zero-order valence-electron chi connectivity index (χ0n) is 17.1. The number of nitrogens with one attached hydrogen (secondary N) is 1. The van der Waals surface area contributed by atoms with E-state index in [1.165, 1.54) is 84.2 Å². The molecule has 0 fully saturated rings. The maximum Gasteiger partial charge on any atom is 0.329 e. The first kappa shape index (κ1) is 28.5. The summed E-state index contributed by atoms with van der Waals surface area (Å²) < 4.78 is 4.63. The van der Waals surface area contributed by atoms with Crippen molar-refractivity contribution >= 4 is 24.5 Å². The maximum atomic E-state index is 11.8. The number of amides is 1. The van der Waals surface area contributed by atoms with Crippen LogP contribution in [0, 0.1) is 0 Å².